The Bertz CT molecular complexity index is 734. The zero-order valence-corrected chi connectivity index (χ0v) is 14.3. The van der Waals surface area contributed by atoms with Gasteiger partial charge in [-0.05, 0) is 49.2 Å². The van der Waals surface area contributed by atoms with Crippen LogP contribution in [0.15, 0.2) is 36.7 Å². The van der Waals surface area contributed by atoms with Gasteiger partial charge in [-0.3, -0.25) is 9.78 Å². The zero-order valence-electron chi connectivity index (χ0n) is 12.8. The van der Waals surface area contributed by atoms with Crippen molar-refractivity contribution in [2.45, 2.75) is 24.9 Å². The van der Waals surface area contributed by atoms with Crippen LogP contribution in [0, 0.1) is 0 Å². The Morgan fingerprint density at radius 3 is 2.71 bits per heavy atom. The number of halogens is 2. The van der Waals surface area contributed by atoms with Gasteiger partial charge in [0.05, 0.1) is 22.1 Å². The number of phenolic OH excluding ortho intramolecular Hbond substituents is 1. The van der Waals surface area contributed by atoms with Gasteiger partial charge in [0.1, 0.15) is 5.75 Å². The Labute approximate surface area is 150 Å². The molecule has 1 fully saturated rings. The molecule has 1 aromatic heterocycles. The van der Waals surface area contributed by atoms with Gasteiger partial charge < -0.3 is 15.7 Å². The maximum atomic E-state index is 12.6. The fourth-order valence-corrected chi connectivity index (χ4v) is 3.29. The van der Waals surface area contributed by atoms with E-state index >= 15 is 0 Å². The van der Waals surface area contributed by atoms with Crippen molar-refractivity contribution in [1.82, 2.24) is 15.6 Å². The Kier molecular flexibility index (Phi) is 5.23. The van der Waals surface area contributed by atoms with E-state index in [0.717, 1.165) is 24.9 Å². The monoisotopic (exact) mass is 365 g/mol. The van der Waals surface area contributed by atoms with Gasteiger partial charge in [0, 0.05) is 18.0 Å². The quantitative estimate of drug-likeness (QED) is 0.778. The summed E-state index contributed by atoms with van der Waals surface area (Å²) in [7, 11) is 0. The minimum absolute atomic E-state index is 0.0223. The number of carbonyl (C=O) groups is 1. The Morgan fingerprint density at radius 2 is 2.04 bits per heavy atom. The van der Waals surface area contributed by atoms with E-state index < -0.39 is 6.04 Å². The van der Waals surface area contributed by atoms with Crippen LogP contribution in [0.5, 0.6) is 5.75 Å². The third-order valence-electron chi connectivity index (χ3n) is 4.10. The molecule has 2 aromatic rings. The van der Waals surface area contributed by atoms with Crippen molar-refractivity contribution in [3.05, 3.63) is 57.8 Å². The standard InChI is InChI=1S/C17H17Cl2N3O2/c18-11-3-4-13(23)14(15(11)19)16(10-5-8-20-9-6-10)22-17(24)12-2-1-7-21-12/h3-6,8-9,12,16,21,23H,1-2,7H2,(H,22,24)/t12-,16?/m1/s1. The normalized spacial score (nSPS) is 18.3. The van der Waals surface area contributed by atoms with Crippen molar-refractivity contribution in [1.29, 1.82) is 0 Å². The second-order valence-corrected chi connectivity index (χ2v) is 6.45. The van der Waals surface area contributed by atoms with Crippen molar-refractivity contribution < 1.29 is 9.90 Å². The number of hydrogen-bond donors (Lipinski definition) is 3. The van der Waals surface area contributed by atoms with Gasteiger partial charge in [-0.2, -0.15) is 0 Å². The van der Waals surface area contributed by atoms with Crippen LogP contribution in [0.2, 0.25) is 10.0 Å². The first-order valence-corrected chi connectivity index (χ1v) is 8.44. The smallest absolute Gasteiger partial charge is 0.237 e. The van der Waals surface area contributed by atoms with Crippen LogP contribution >= 0.6 is 23.2 Å². The lowest BCUT2D eigenvalue weighted by molar-refractivity contribution is -0.123. The Balaban J connectivity index is 2.00. The number of amides is 1. The molecule has 1 saturated heterocycles. The highest BCUT2D eigenvalue weighted by molar-refractivity contribution is 6.42. The summed E-state index contributed by atoms with van der Waals surface area (Å²) < 4.78 is 0. The van der Waals surface area contributed by atoms with Crippen molar-refractivity contribution in [2.24, 2.45) is 0 Å². The molecule has 1 aliphatic heterocycles. The van der Waals surface area contributed by atoms with E-state index in [2.05, 4.69) is 15.6 Å². The molecule has 3 N–H and O–H groups in total. The molecule has 5 nitrogen and oxygen atoms in total. The number of carbonyl (C=O) groups excluding carboxylic acids is 1. The summed E-state index contributed by atoms with van der Waals surface area (Å²) in [4.78, 5) is 16.6. The average molecular weight is 366 g/mol. The van der Waals surface area contributed by atoms with E-state index in [1.165, 1.54) is 12.1 Å². The third kappa shape index (κ3) is 3.48. The lowest BCUT2D eigenvalue weighted by Gasteiger charge is -2.24. The number of nitrogens with zero attached hydrogens (tertiary/aromatic N) is 1. The molecule has 0 radical (unpaired) electrons. The van der Waals surface area contributed by atoms with Crippen molar-refractivity contribution in [2.75, 3.05) is 6.54 Å². The van der Waals surface area contributed by atoms with Gasteiger partial charge >= 0.3 is 0 Å². The predicted molar refractivity (Wildman–Crippen MR) is 93.4 cm³/mol. The van der Waals surface area contributed by atoms with Crippen molar-refractivity contribution in [3.8, 4) is 5.75 Å². The van der Waals surface area contributed by atoms with E-state index in [1.807, 2.05) is 0 Å². The SMILES string of the molecule is O=C(NC(c1ccncc1)c1c(O)ccc(Cl)c1Cl)[C@H]1CCCN1. The van der Waals surface area contributed by atoms with Crippen LogP contribution in [0.1, 0.15) is 30.0 Å². The number of benzene rings is 1. The van der Waals surface area contributed by atoms with Crippen LogP contribution in [0.25, 0.3) is 0 Å². The molecule has 3 rings (SSSR count). The molecule has 2 heterocycles. The zero-order chi connectivity index (χ0) is 17.1. The lowest BCUT2D eigenvalue weighted by Crippen LogP contribution is -2.42. The molecule has 1 aromatic carbocycles. The molecular formula is C17H17Cl2N3O2. The molecule has 7 heteroatoms. The second kappa shape index (κ2) is 7.38. The summed E-state index contributed by atoms with van der Waals surface area (Å²) in [5.41, 5.74) is 1.14. The van der Waals surface area contributed by atoms with E-state index in [9.17, 15) is 9.90 Å². The number of hydrogen-bond acceptors (Lipinski definition) is 4. The molecule has 126 valence electrons. The highest BCUT2D eigenvalue weighted by atomic mass is 35.5. The molecule has 1 aliphatic rings. The number of nitrogens with one attached hydrogen (secondary N) is 2. The van der Waals surface area contributed by atoms with Gasteiger partial charge in [0.15, 0.2) is 0 Å². The molecule has 0 saturated carbocycles. The highest BCUT2D eigenvalue weighted by Crippen LogP contribution is 2.39. The van der Waals surface area contributed by atoms with Gasteiger partial charge in [0.25, 0.3) is 0 Å². The fraction of sp³-hybridized carbons (Fsp3) is 0.294. The van der Waals surface area contributed by atoms with Crippen molar-refractivity contribution in [3.63, 3.8) is 0 Å². The maximum absolute atomic E-state index is 12.6. The third-order valence-corrected chi connectivity index (χ3v) is 4.92. The van der Waals surface area contributed by atoms with Gasteiger partial charge in [-0.25, -0.2) is 0 Å². The molecule has 0 bridgehead atoms. The number of rotatable bonds is 4. The summed E-state index contributed by atoms with van der Waals surface area (Å²) in [6.07, 6.45) is 4.99. The Morgan fingerprint density at radius 1 is 1.29 bits per heavy atom. The first-order chi connectivity index (χ1) is 11.6. The minimum Gasteiger partial charge on any atom is -0.508 e. The number of aromatic hydroxyl groups is 1. The molecule has 1 amide bonds. The van der Waals surface area contributed by atoms with Gasteiger partial charge in [0.2, 0.25) is 5.91 Å². The van der Waals surface area contributed by atoms with Crippen molar-refractivity contribution >= 4 is 29.1 Å². The summed E-state index contributed by atoms with van der Waals surface area (Å²) in [6, 6.07) is 5.67. The number of pyridine rings is 1. The summed E-state index contributed by atoms with van der Waals surface area (Å²) in [5, 5.41) is 17.0. The van der Waals surface area contributed by atoms with Crippen LogP contribution in [-0.2, 0) is 4.79 Å². The first-order valence-electron chi connectivity index (χ1n) is 7.68. The topological polar surface area (TPSA) is 74.2 Å². The predicted octanol–water partition coefficient (Wildman–Crippen LogP) is 3.05. The lowest BCUT2D eigenvalue weighted by atomic mass is 9.98. The van der Waals surface area contributed by atoms with E-state index in [-0.39, 0.29) is 22.7 Å². The van der Waals surface area contributed by atoms with E-state index in [4.69, 9.17) is 23.2 Å². The molecule has 24 heavy (non-hydrogen) atoms. The summed E-state index contributed by atoms with van der Waals surface area (Å²) in [5.74, 6) is -0.157. The van der Waals surface area contributed by atoms with E-state index in [0.29, 0.717) is 10.6 Å². The molecular weight excluding hydrogens is 349 g/mol. The molecule has 2 atom stereocenters. The van der Waals surface area contributed by atoms with Crippen LogP contribution in [-0.4, -0.2) is 28.6 Å². The fourth-order valence-electron chi connectivity index (χ4n) is 2.86. The van der Waals surface area contributed by atoms with Crippen LogP contribution < -0.4 is 10.6 Å². The second-order valence-electron chi connectivity index (χ2n) is 5.67. The van der Waals surface area contributed by atoms with Gasteiger partial charge in [-0.1, -0.05) is 23.2 Å². The van der Waals surface area contributed by atoms with Crippen LogP contribution in [0.3, 0.4) is 0 Å². The maximum Gasteiger partial charge on any atom is 0.237 e. The highest BCUT2D eigenvalue weighted by Gasteiger charge is 2.28. The minimum atomic E-state index is -0.617. The summed E-state index contributed by atoms with van der Waals surface area (Å²) in [6.45, 7) is 0.821. The van der Waals surface area contributed by atoms with E-state index in [1.54, 1.807) is 24.5 Å². The summed E-state index contributed by atoms with van der Waals surface area (Å²) >= 11 is 12.4. The molecule has 1 unspecified atom stereocenters. The number of phenols is 1. The molecule has 0 spiro atoms. The van der Waals surface area contributed by atoms with Crippen LogP contribution in [0.4, 0.5) is 0 Å². The van der Waals surface area contributed by atoms with Gasteiger partial charge in [-0.15, -0.1) is 0 Å². The first kappa shape index (κ1) is 17.0. The molecule has 0 aliphatic carbocycles. The number of aromatic nitrogens is 1. The average Bonchev–Trinajstić information content (AvgIpc) is 3.13. The largest absolute Gasteiger partial charge is 0.508 e. The Hall–Kier alpha value is -1.82.